The molecule has 0 aliphatic rings. The zero-order valence-electron chi connectivity index (χ0n) is 20.8. The first-order valence-corrected chi connectivity index (χ1v) is 11.9. The number of nitrogens with one attached hydrogen (secondary N) is 2. The molecule has 8 heteroatoms. The summed E-state index contributed by atoms with van der Waals surface area (Å²) in [7, 11) is 4.07. The van der Waals surface area contributed by atoms with Crippen molar-refractivity contribution < 1.29 is 4.79 Å². The summed E-state index contributed by atoms with van der Waals surface area (Å²) in [6, 6.07) is 16.0. The van der Waals surface area contributed by atoms with Crippen molar-refractivity contribution in [1.29, 1.82) is 0 Å². The molecular formula is C27H33N7O. The van der Waals surface area contributed by atoms with E-state index >= 15 is 0 Å². The normalized spacial score (nSPS) is 11.5. The van der Waals surface area contributed by atoms with E-state index in [-0.39, 0.29) is 11.9 Å². The van der Waals surface area contributed by atoms with Gasteiger partial charge in [-0.1, -0.05) is 24.3 Å². The first-order valence-electron chi connectivity index (χ1n) is 11.9. The molecule has 2 N–H and O–H groups in total. The van der Waals surface area contributed by atoms with Crippen molar-refractivity contribution in [2.45, 2.75) is 33.0 Å². The van der Waals surface area contributed by atoms with Gasteiger partial charge in [-0.3, -0.25) is 9.78 Å². The van der Waals surface area contributed by atoms with E-state index in [9.17, 15) is 4.79 Å². The number of hydrogen-bond acceptors (Lipinski definition) is 6. The van der Waals surface area contributed by atoms with Crippen LogP contribution in [0.4, 0.5) is 0 Å². The highest BCUT2D eigenvalue weighted by molar-refractivity contribution is 6.06. The zero-order valence-corrected chi connectivity index (χ0v) is 20.8. The number of pyridine rings is 2. The van der Waals surface area contributed by atoms with Crippen LogP contribution in [0, 0.1) is 0 Å². The summed E-state index contributed by atoms with van der Waals surface area (Å²) in [6.07, 6.45) is 3.45. The van der Waals surface area contributed by atoms with E-state index in [1.54, 1.807) is 12.4 Å². The molecule has 35 heavy (non-hydrogen) atoms. The van der Waals surface area contributed by atoms with E-state index in [1.807, 2.05) is 48.1 Å². The van der Waals surface area contributed by atoms with Crippen LogP contribution in [0.3, 0.4) is 0 Å². The van der Waals surface area contributed by atoms with Crippen LogP contribution >= 0.6 is 0 Å². The summed E-state index contributed by atoms with van der Waals surface area (Å²) < 4.78 is 1.86. The predicted molar refractivity (Wildman–Crippen MR) is 139 cm³/mol. The lowest BCUT2D eigenvalue weighted by molar-refractivity contribution is 0.0952. The van der Waals surface area contributed by atoms with Gasteiger partial charge >= 0.3 is 0 Å². The molecule has 182 valence electrons. The molecule has 1 aromatic carbocycles. The highest BCUT2D eigenvalue weighted by atomic mass is 16.1. The third-order valence-electron chi connectivity index (χ3n) is 5.88. The highest BCUT2D eigenvalue weighted by Gasteiger charge is 2.19. The van der Waals surface area contributed by atoms with E-state index in [0.29, 0.717) is 17.8 Å². The van der Waals surface area contributed by atoms with Gasteiger partial charge < -0.3 is 15.5 Å². The van der Waals surface area contributed by atoms with Crippen LogP contribution in [0.15, 0.2) is 60.9 Å². The molecule has 0 unspecified atom stereocenters. The highest BCUT2D eigenvalue weighted by Crippen LogP contribution is 2.27. The molecule has 0 spiro atoms. The Balaban J connectivity index is 1.68. The van der Waals surface area contributed by atoms with Crippen LogP contribution in [0.1, 0.15) is 41.5 Å². The average Bonchev–Trinajstić information content (AvgIpc) is 3.31. The maximum atomic E-state index is 13.3. The van der Waals surface area contributed by atoms with Gasteiger partial charge in [0.2, 0.25) is 0 Å². The molecule has 0 radical (unpaired) electrons. The quantitative estimate of drug-likeness (QED) is 0.367. The monoisotopic (exact) mass is 471 g/mol. The van der Waals surface area contributed by atoms with E-state index in [2.05, 4.69) is 58.6 Å². The number of amides is 1. The van der Waals surface area contributed by atoms with Crippen molar-refractivity contribution in [1.82, 2.24) is 35.3 Å². The summed E-state index contributed by atoms with van der Waals surface area (Å²) >= 11 is 0. The van der Waals surface area contributed by atoms with E-state index in [0.717, 1.165) is 42.0 Å². The van der Waals surface area contributed by atoms with Gasteiger partial charge in [-0.25, -0.2) is 9.67 Å². The fourth-order valence-corrected chi connectivity index (χ4v) is 4.02. The minimum Gasteiger partial charge on any atom is -0.346 e. The van der Waals surface area contributed by atoms with Crippen molar-refractivity contribution in [3.63, 3.8) is 0 Å². The first-order chi connectivity index (χ1) is 17.0. The lowest BCUT2D eigenvalue weighted by atomic mass is 10.0. The molecular weight excluding hydrogens is 438 g/mol. The van der Waals surface area contributed by atoms with Crippen molar-refractivity contribution in [2.24, 2.45) is 0 Å². The maximum absolute atomic E-state index is 13.3. The SMILES string of the molecule is CNCCN(C)Cc1cccc(-c2cc(C(=O)NCc3ccccn3)c3cnn(C(C)C)c3n2)c1. The number of likely N-dealkylation sites (N-methyl/N-ethyl adjacent to an activating group) is 2. The molecule has 0 atom stereocenters. The number of benzene rings is 1. The van der Waals surface area contributed by atoms with Gasteiger partial charge in [-0.05, 0) is 57.8 Å². The molecule has 0 aliphatic carbocycles. The molecule has 0 saturated heterocycles. The number of aromatic nitrogens is 4. The molecule has 3 aromatic heterocycles. The standard InChI is InChI=1S/C27H33N7O/c1-19(2)34-26-24(17-31-34)23(27(35)30-16-22-10-5-6-11-29-22)15-25(32-26)21-9-7-8-20(14-21)18-33(4)13-12-28-3/h5-11,14-15,17,19,28H,12-13,16,18H2,1-4H3,(H,30,35). The van der Waals surface area contributed by atoms with Gasteiger partial charge in [0, 0.05) is 37.4 Å². The Kier molecular flexibility index (Phi) is 7.84. The topological polar surface area (TPSA) is 88.0 Å². The Bertz CT molecular complexity index is 1280. The van der Waals surface area contributed by atoms with Gasteiger partial charge in [0.25, 0.3) is 5.91 Å². The summed E-state index contributed by atoms with van der Waals surface area (Å²) in [5.74, 6) is -0.171. The van der Waals surface area contributed by atoms with Crippen molar-refractivity contribution >= 4 is 16.9 Å². The molecule has 1 amide bonds. The molecule has 0 fully saturated rings. The second-order valence-corrected chi connectivity index (χ2v) is 9.02. The number of nitrogens with zero attached hydrogens (tertiary/aromatic N) is 5. The van der Waals surface area contributed by atoms with Crippen LogP contribution in [0.2, 0.25) is 0 Å². The van der Waals surface area contributed by atoms with Gasteiger partial charge in [0.05, 0.1) is 35.1 Å². The van der Waals surface area contributed by atoms with Crippen LogP contribution in [-0.4, -0.2) is 57.7 Å². The molecule has 4 aromatic rings. The Labute approximate surface area is 206 Å². The second kappa shape index (κ2) is 11.2. The zero-order chi connectivity index (χ0) is 24.8. The van der Waals surface area contributed by atoms with Gasteiger partial charge in [0.1, 0.15) is 0 Å². The Morgan fingerprint density at radius 1 is 1.14 bits per heavy atom. The van der Waals surface area contributed by atoms with Crippen molar-refractivity contribution in [3.05, 3.63) is 77.7 Å². The second-order valence-electron chi connectivity index (χ2n) is 9.02. The van der Waals surface area contributed by atoms with Gasteiger partial charge in [0.15, 0.2) is 5.65 Å². The smallest absolute Gasteiger partial charge is 0.252 e. The predicted octanol–water partition coefficient (Wildman–Crippen LogP) is 3.66. The number of fused-ring (bicyclic) bond motifs is 1. The number of hydrogen-bond donors (Lipinski definition) is 2. The van der Waals surface area contributed by atoms with Crippen molar-refractivity contribution in [2.75, 3.05) is 27.2 Å². The molecule has 8 nitrogen and oxygen atoms in total. The average molecular weight is 472 g/mol. The minimum atomic E-state index is -0.171. The minimum absolute atomic E-state index is 0.117. The molecule has 3 heterocycles. The number of carbonyl (C=O) groups excluding carboxylic acids is 1. The lowest BCUT2D eigenvalue weighted by Gasteiger charge is -2.17. The summed E-state index contributed by atoms with van der Waals surface area (Å²) in [5, 5.41) is 11.5. The fourth-order valence-electron chi connectivity index (χ4n) is 4.02. The van der Waals surface area contributed by atoms with E-state index in [1.165, 1.54) is 5.56 Å². The van der Waals surface area contributed by atoms with Crippen LogP contribution in [0.5, 0.6) is 0 Å². The number of carbonyl (C=O) groups is 1. The lowest BCUT2D eigenvalue weighted by Crippen LogP contribution is -2.26. The summed E-state index contributed by atoms with van der Waals surface area (Å²) in [4.78, 5) is 24.8. The maximum Gasteiger partial charge on any atom is 0.252 e. The van der Waals surface area contributed by atoms with Crippen molar-refractivity contribution in [3.8, 4) is 11.3 Å². The number of rotatable bonds is 10. The first kappa shape index (κ1) is 24.5. The molecule has 4 rings (SSSR count). The van der Waals surface area contributed by atoms with Crippen LogP contribution < -0.4 is 10.6 Å². The largest absolute Gasteiger partial charge is 0.346 e. The van der Waals surface area contributed by atoms with Crippen LogP contribution in [0.25, 0.3) is 22.3 Å². The summed E-state index contributed by atoms with van der Waals surface area (Å²) in [6.45, 7) is 7.20. The fraction of sp³-hybridized carbons (Fsp3) is 0.333. The third-order valence-corrected chi connectivity index (χ3v) is 5.88. The Hall–Kier alpha value is -3.62. The molecule has 0 bridgehead atoms. The molecule has 0 saturated carbocycles. The van der Waals surface area contributed by atoms with Crippen LogP contribution in [-0.2, 0) is 13.1 Å². The van der Waals surface area contributed by atoms with Gasteiger partial charge in [-0.2, -0.15) is 5.10 Å². The summed E-state index contributed by atoms with van der Waals surface area (Å²) in [5.41, 5.74) is 4.99. The van der Waals surface area contributed by atoms with E-state index < -0.39 is 0 Å². The van der Waals surface area contributed by atoms with Gasteiger partial charge in [-0.15, -0.1) is 0 Å². The third kappa shape index (κ3) is 5.90. The Morgan fingerprint density at radius 3 is 2.74 bits per heavy atom. The molecule has 0 aliphatic heterocycles. The Morgan fingerprint density at radius 2 is 2.00 bits per heavy atom. The van der Waals surface area contributed by atoms with E-state index in [4.69, 9.17) is 4.98 Å².